The number of hydrogen-bond acceptors (Lipinski definition) is 2. The third-order valence-corrected chi connectivity index (χ3v) is 3.74. The van der Waals surface area contributed by atoms with E-state index in [-0.39, 0.29) is 5.97 Å². The molecule has 0 radical (unpaired) electrons. The summed E-state index contributed by atoms with van der Waals surface area (Å²) in [4.78, 5) is 11.1. The van der Waals surface area contributed by atoms with Crippen molar-refractivity contribution in [2.24, 2.45) is 0 Å². The summed E-state index contributed by atoms with van der Waals surface area (Å²) in [5.74, 6) is 4.33. The van der Waals surface area contributed by atoms with E-state index in [0.29, 0.717) is 5.56 Å². The molecule has 0 fully saturated rings. The Labute approximate surface area is 89.2 Å². The molecule has 1 aromatic rings. The molecule has 0 aliphatic heterocycles. The minimum absolute atomic E-state index is 0.267. The molecule has 0 aliphatic carbocycles. The Morgan fingerprint density at radius 3 is 2.29 bits per heavy atom. The van der Waals surface area contributed by atoms with Crippen molar-refractivity contribution in [1.82, 2.24) is 0 Å². The standard InChI is InChI=1S/C11H15O2Se/c1-13-11(12)10-6-4-9(5-7-10)8-14(2)3/h4-7H,8H2,1-3H3/q+1. The summed E-state index contributed by atoms with van der Waals surface area (Å²) in [6, 6.07) is 7.68. The van der Waals surface area contributed by atoms with Gasteiger partial charge in [-0.3, -0.25) is 0 Å². The predicted octanol–water partition coefficient (Wildman–Crippen LogP) is 2.31. The quantitative estimate of drug-likeness (QED) is 0.614. The van der Waals surface area contributed by atoms with Gasteiger partial charge in [0.05, 0.1) is 0 Å². The van der Waals surface area contributed by atoms with E-state index in [1.54, 1.807) is 0 Å². The number of hydrogen-bond donors (Lipinski definition) is 0. The number of carbonyl (C=O) groups excluding carboxylic acids is 1. The second kappa shape index (κ2) is 5.18. The Kier molecular flexibility index (Phi) is 4.18. The van der Waals surface area contributed by atoms with Gasteiger partial charge in [-0.05, 0) is 0 Å². The molecule has 0 saturated heterocycles. The molecule has 0 spiro atoms. The maximum absolute atomic E-state index is 11.1. The van der Waals surface area contributed by atoms with Gasteiger partial charge in [0.25, 0.3) is 0 Å². The number of rotatable bonds is 3. The Hall–Kier alpha value is -0.791. The van der Waals surface area contributed by atoms with Crippen molar-refractivity contribution in [3.8, 4) is 0 Å². The van der Waals surface area contributed by atoms with Gasteiger partial charge < -0.3 is 0 Å². The van der Waals surface area contributed by atoms with Crippen molar-refractivity contribution >= 4 is 19.9 Å². The normalized spacial score (nSPS) is 10.3. The van der Waals surface area contributed by atoms with E-state index in [1.165, 1.54) is 18.0 Å². The molecule has 76 valence electrons. The van der Waals surface area contributed by atoms with Crippen LogP contribution < -0.4 is 0 Å². The minimum atomic E-state index is -0.441. The Morgan fingerprint density at radius 1 is 1.29 bits per heavy atom. The van der Waals surface area contributed by atoms with E-state index in [2.05, 4.69) is 16.4 Å². The second-order valence-corrected chi connectivity index (χ2v) is 8.06. The molecule has 0 saturated carbocycles. The van der Waals surface area contributed by atoms with Gasteiger partial charge in [0.1, 0.15) is 0 Å². The molecule has 0 aromatic heterocycles. The van der Waals surface area contributed by atoms with Crippen LogP contribution in [0.3, 0.4) is 0 Å². The first-order chi connectivity index (χ1) is 6.63. The van der Waals surface area contributed by atoms with Crippen molar-refractivity contribution in [1.29, 1.82) is 0 Å². The van der Waals surface area contributed by atoms with Gasteiger partial charge in [0, 0.05) is 0 Å². The van der Waals surface area contributed by atoms with E-state index in [1.807, 2.05) is 24.3 Å². The number of methoxy groups -OCH3 is 1. The van der Waals surface area contributed by atoms with E-state index in [0.717, 1.165) is 0 Å². The molecule has 1 aromatic carbocycles. The van der Waals surface area contributed by atoms with Crippen molar-refractivity contribution < 1.29 is 9.53 Å². The Morgan fingerprint density at radius 2 is 1.86 bits per heavy atom. The van der Waals surface area contributed by atoms with E-state index in [4.69, 9.17) is 0 Å². The van der Waals surface area contributed by atoms with E-state index >= 15 is 0 Å². The first kappa shape index (κ1) is 11.3. The van der Waals surface area contributed by atoms with Gasteiger partial charge in [0.2, 0.25) is 0 Å². The molecule has 0 atom stereocenters. The summed E-state index contributed by atoms with van der Waals surface area (Å²) in [5.41, 5.74) is 1.94. The van der Waals surface area contributed by atoms with Crippen LogP contribution in [0.4, 0.5) is 0 Å². The van der Waals surface area contributed by atoms with Crippen LogP contribution in [0.5, 0.6) is 0 Å². The molecule has 3 heteroatoms. The average molecular weight is 258 g/mol. The maximum atomic E-state index is 11.1. The summed E-state index contributed by atoms with van der Waals surface area (Å²) in [6.45, 7) is 0. The van der Waals surface area contributed by atoms with Gasteiger partial charge in [-0.1, -0.05) is 0 Å². The van der Waals surface area contributed by atoms with Crippen LogP contribution in [0, 0.1) is 0 Å². The fraction of sp³-hybridized carbons (Fsp3) is 0.364. The summed E-state index contributed by atoms with van der Waals surface area (Å²) in [7, 11) is 1.40. The van der Waals surface area contributed by atoms with Gasteiger partial charge >= 0.3 is 88.9 Å². The van der Waals surface area contributed by atoms with Crippen molar-refractivity contribution in [2.45, 2.75) is 17.0 Å². The molecule has 0 aliphatic rings. The zero-order valence-corrected chi connectivity index (χ0v) is 10.5. The molecular weight excluding hydrogens is 243 g/mol. The van der Waals surface area contributed by atoms with Gasteiger partial charge in [-0.25, -0.2) is 0 Å². The van der Waals surface area contributed by atoms with Crippen LogP contribution in [0.25, 0.3) is 0 Å². The molecule has 0 amide bonds. The first-order valence-electron chi connectivity index (χ1n) is 4.35. The van der Waals surface area contributed by atoms with Crippen LogP contribution in [0.2, 0.25) is 11.6 Å². The van der Waals surface area contributed by atoms with Crippen LogP contribution in [-0.4, -0.2) is 27.0 Å². The van der Waals surface area contributed by atoms with Crippen molar-refractivity contribution in [2.75, 3.05) is 7.11 Å². The van der Waals surface area contributed by atoms with E-state index in [9.17, 15) is 4.79 Å². The third kappa shape index (κ3) is 3.17. The zero-order valence-electron chi connectivity index (χ0n) is 8.74. The number of ether oxygens (including phenoxy) is 1. The molecular formula is C11H15O2Se+. The number of esters is 1. The molecule has 2 nitrogen and oxygen atoms in total. The SMILES string of the molecule is COC(=O)c1ccc(C[Se+](C)C)cc1. The van der Waals surface area contributed by atoms with Gasteiger partial charge in [0.15, 0.2) is 0 Å². The predicted molar refractivity (Wildman–Crippen MR) is 59.0 cm³/mol. The second-order valence-electron chi connectivity index (χ2n) is 3.32. The van der Waals surface area contributed by atoms with Crippen LogP contribution in [0.15, 0.2) is 24.3 Å². The summed E-state index contributed by atoms with van der Waals surface area (Å²) in [5, 5.41) is 1.17. The summed E-state index contributed by atoms with van der Waals surface area (Å²) in [6.07, 6.45) is 0. The Bertz CT molecular complexity index is 304. The van der Waals surface area contributed by atoms with Gasteiger partial charge in [-0.2, -0.15) is 0 Å². The number of carbonyl (C=O) groups is 1. The fourth-order valence-corrected chi connectivity index (χ4v) is 2.99. The molecule has 0 bridgehead atoms. The van der Waals surface area contributed by atoms with Gasteiger partial charge in [-0.15, -0.1) is 0 Å². The van der Waals surface area contributed by atoms with E-state index < -0.39 is 13.9 Å². The van der Waals surface area contributed by atoms with Crippen LogP contribution in [0.1, 0.15) is 15.9 Å². The first-order valence-corrected chi connectivity index (χ1v) is 8.98. The molecule has 1 rings (SSSR count). The monoisotopic (exact) mass is 259 g/mol. The van der Waals surface area contributed by atoms with Crippen LogP contribution in [-0.2, 0) is 10.1 Å². The Balaban J connectivity index is 2.73. The summed E-state index contributed by atoms with van der Waals surface area (Å²) >= 11 is -0.441. The number of benzene rings is 1. The molecule has 14 heavy (non-hydrogen) atoms. The third-order valence-electron chi connectivity index (χ3n) is 1.83. The van der Waals surface area contributed by atoms with Crippen molar-refractivity contribution in [3.05, 3.63) is 35.4 Å². The topological polar surface area (TPSA) is 26.3 Å². The van der Waals surface area contributed by atoms with Crippen molar-refractivity contribution in [3.63, 3.8) is 0 Å². The van der Waals surface area contributed by atoms with Crippen LogP contribution >= 0.6 is 0 Å². The summed E-state index contributed by atoms with van der Waals surface area (Å²) < 4.78 is 4.63. The average Bonchev–Trinajstić information content (AvgIpc) is 2.17. The molecule has 0 heterocycles. The molecule has 0 N–H and O–H groups in total. The fourth-order valence-electron chi connectivity index (χ4n) is 1.19. The molecule has 0 unspecified atom stereocenters. The zero-order chi connectivity index (χ0) is 10.6.